The third-order valence-corrected chi connectivity index (χ3v) is 2.81. The summed E-state index contributed by atoms with van der Waals surface area (Å²) < 4.78 is 0. The Morgan fingerprint density at radius 3 is 2.73 bits per heavy atom. The van der Waals surface area contributed by atoms with Crippen molar-refractivity contribution in [1.82, 2.24) is 4.90 Å². The second-order valence-electron chi connectivity index (χ2n) is 3.12. The molecule has 0 bridgehead atoms. The molecule has 2 N–H and O–H groups in total. The first-order chi connectivity index (χ1) is 7.07. The molecule has 0 fully saturated rings. The number of nitrogens with zero attached hydrogens (tertiary/aromatic N) is 1. The van der Waals surface area contributed by atoms with Crippen LogP contribution < -0.4 is 5.73 Å². The maximum atomic E-state index is 11.8. The number of halogens is 2. The van der Waals surface area contributed by atoms with Crippen LogP contribution >= 0.6 is 23.2 Å². The molecule has 0 aliphatic heterocycles. The van der Waals surface area contributed by atoms with Crippen molar-refractivity contribution in [2.45, 2.75) is 0 Å². The summed E-state index contributed by atoms with van der Waals surface area (Å²) in [7, 11) is 1.67. The van der Waals surface area contributed by atoms with E-state index in [9.17, 15) is 4.79 Å². The summed E-state index contributed by atoms with van der Waals surface area (Å²) in [5.74, 6) is -0.173. The van der Waals surface area contributed by atoms with Crippen molar-refractivity contribution in [1.29, 1.82) is 0 Å². The van der Waals surface area contributed by atoms with Gasteiger partial charge in [0.1, 0.15) is 0 Å². The standard InChI is InChI=1S/C10H12Cl2N2O/c1-14(6-5-13)10(15)7-3-2-4-8(11)9(7)12/h2-4H,5-6,13H2,1H3. The smallest absolute Gasteiger partial charge is 0.255 e. The van der Waals surface area contributed by atoms with Crippen LogP contribution in [-0.2, 0) is 0 Å². The second kappa shape index (κ2) is 5.35. The summed E-state index contributed by atoms with van der Waals surface area (Å²) in [6, 6.07) is 4.98. The quantitative estimate of drug-likeness (QED) is 0.888. The van der Waals surface area contributed by atoms with Crippen LogP contribution in [-0.4, -0.2) is 30.9 Å². The molecule has 0 heterocycles. The van der Waals surface area contributed by atoms with Gasteiger partial charge in [0.05, 0.1) is 15.6 Å². The van der Waals surface area contributed by atoms with Gasteiger partial charge in [0.25, 0.3) is 5.91 Å². The molecule has 15 heavy (non-hydrogen) atoms. The SMILES string of the molecule is CN(CCN)C(=O)c1cccc(Cl)c1Cl. The van der Waals surface area contributed by atoms with Crippen molar-refractivity contribution in [3.63, 3.8) is 0 Å². The average Bonchev–Trinajstić information content (AvgIpc) is 2.21. The zero-order valence-corrected chi connectivity index (χ0v) is 9.85. The molecule has 1 aromatic carbocycles. The fourth-order valence-electron chi connectivity index (χ4n) is 1.17. The lowest BCUT2D eigenvalue weighted by molar-refractivity contribution is 0.0799. The van der Waals surface area contributed by atoms with E-state index in [0.717, 1.165) is 0 Å². The summed E-state index contributed by atoms with van der Waals surface area (Å²) in [6.45, 7) is 0.905. The first-order valence-corrected chi connectivity index (χ1v) is 5.23. The normalized spacial score (nSPS) is 10.1. The van der Waals surface area contributed by atoms with Crippen LogP contribution in [0.5, 0.6) is 0 Å². The van der Waals surface area contributed by atoms with Crippen molar-refractivity contribution in [3.8, 4) is 0 Å². The first kappa shape index (κ1) is 12.3. The minimum atomic E-state index is -0.173. The van der Waals surface area contributed by atoms with Gasteiger partial charge in [-0.25, -0.2) is 0 Å². The molecule has 1 rings (SSSR count). The Morgan fingerprint density at radius 1 is 1.47 bits per heavy atom. The van der Waals surface area contributed by atoms with Gasteiger partial charge < -0.3 is 10.6 Å². The molecule has 0 atom stereocenters. The van der Waals surface area contributed by atoms with E-state index < -0.39 is 0 Å². The Kier molecular flexibility index (Phi) is 4.39. The zero-order chi connectivity index (χ0) is 11.4. The number of hydrogen-bond acceptors (Lipinski definition) is 2. The molecule has 0 aliphatic carbocycles. The van der Waals surface area contributed by atoms with Crippen LogP contribution in [0.1, 0.15) is 10.4 Å². The van der Waals surface area contributed by atoms with E-state index in [4.69, 9.17) is 28.9 Å². The predicted molar refractivity (Wildman–Crippen MR) is 62.5 cm³/mol. The summed E-state index contributed by atoms with van der Waals surface area (Å²) in [4.78, 5) is 13.3. The van der Waals surface area contributed by atoms with E-state index in [1.54, 1.807) is 25.2 Å². The van der Waals surface area contributed by atoms with E-state index in [1.165, 1.54) is 4.90 Å². The molecule has 3 nitrogen and oxygen atoms in total. The number of hydrogen-bond donors (Lipinski definition) is 1. The maximum absolute atomic E-state index is 11.8. The summed E-state index contributed by atoms with van der Waals surface area (Å²) >= 11 is 11.7. The third-order valence-electron chi connectivity index (χ3n) is 1.99. The molecule has 0 saturated carbocycles. The van der Waals surface area contributed by atoms with Crippen LogP contribution in [0.4, 0.5) is 0 Å². The van der Waals surface area contributed by atoms with E-state index in [1.807, 2.05) is 0 Å². The van der Waals surface area contributed by atoms with Gasteiger partial charge in [-0.05, 0) is 12.1 Å². The Hall–Kier alpha value is -0.770. The molecule has 82 valence electrons. The van der Waals surface area contributed by atoms with E-state index >= 15 is 0 Å². The molecule has 0 radical (unpaired) electrons. The number of nitrogens with two attached hydrogens (primary N) is 1. The lowest BCUT2D eigenvalue weighted by Gasteiger charge is -2.16. The van der Waals surface area contributed by atoms with E-state index in [0.29, 0.717) is 23.7 Å². The minimum absolute atomic E-state index is 0.173. The van der Waals surface area contributed by atoms with Crippen molar-refractivity contribution >= 4 is 29.1 Å². The lowest BCUT2D eigenvalue weighted by atomic mass is 10.2. The molecule has 5 heteroatoms. The van der Waals surface area contributed by atoms with Gasteiger partial charge in [-0.1, -0.05) is 29.3 Å². The van der Waals surface area contributed by atoms with Gasteiger partial charge in [-0.2, -0.15) is 0 Å². The van der Waals surface area contributed by atoms with E-state index in [-0.39, 0.29) is 10.9 Å². The largest absolute Gasteiger partial charge is 0.340 e. The van der Waals surface area contributed by atoms with Crippen LogP contribution in [0.3, 0.4) is 0 Å². The highest BCUT2D eigenvalue weighted by atomic mass is 35.5. The Morgan fingerprint density at radius 2 is 2.13 bits per heavy atom. The molecule has 0 aromatic heterocycles. The lowest BCUT2D eigenvalue weighted by Crippen LogP contribution is -2.31. The molecule has 1 aromatic rings. The van der Waals surface area contributed by atoms with Gasteiger partial charge >= 0.3 is 0 Å². The number of carbonyl (C=O) groups is 1. The first-order valence-electron chi connectivity index (χ1n) is 4.47. The Balaban J connectivity index is 2.96. The fraction of sp³-hybridized carbons (Fsp3) is 0.300. The van der Waals surface area contributed by atoms with Gasteiger partial charge in [-0.15, -0.1) is 0 Å². The van der Waals surface area contributed by atoms with Gasteiger partial charge in [0.2, 0.25) is 0 Å². The number of rotatable bonds is 3. The molecular formula is C10H12Cl2N2O. The highest BCUT2D eigenvalue weighted by Gasteiger charge is 2.15. The average molecular weight is 247 g/mol. The Bertz CT molecular complexity index is 368. The summed E-state index contributed by atoms with van der Waals surface area (Å²) in [6.07, 6.45) is 0. The van der Waals surface area contributed by atoms with E-state index in [2.05, 4.69) is 0 Å². The number of carbonyl (C=O) groups excluding carboxylic acids is 1. The topological polar surface area (TPSA) is 46.3 Å². The Labute approximate surface area is 98.8 Å². The van der Waals surface area contributed by atoms with Crippen LogP contribution in [0.2, 0.25) is 10.0 Å². The maximum Gasteiger partial charge on any atom is 0.255 e. The molecule has 0 spiro atoms. The summed E-state index contributed by atoms with van der Waals surface area (Å²) in [5.41, 5.74) is 5.76. The third kappa shape index (κ3) is 2.84. The molecule has 0 aliphatic rings. The van der Waals surface area contributed by atoms with Crippen molar-refractivity contribution in [3.05, 3.63) is 33.8 Å². The van der Waals surface area contributed by atoms with Crippen LogP contribution in [0.15, 0.2) is 18.2 Å². The van der Waals surface area contributed by atoms with Gasteiger partial charge in [-0.3, -0.25) is 4.79 Å². The van der Waals surface area contributed by atoms with Crippen LogP contribution in [0, 0.1) is 0 Å². The van der Waals surface area contributed by atoms with Crippen molar-refractivity contribution in [2.75, 3.05) is 20.1 Å². The molecule has 0 saturated heterocycles. The van der Waals surface area contributed by atoms with Crippen molar-refractivity contribution in [2.24, 2.45) is 5.73 Å². The number of likely N-dealkylation sites (N-methyl/N-ethyl adjacent to an activating group) is 1. The van der Waals surface area contributed by atoms with Gasteiger partial charge in [0.15, 0.2) is 0 Å². The zero-order valence-electron chi connectivity index (χ0n) is 8.34. The predicted octanol–water partition coefficient (Wildman–Crippen LogP) is 2.02. The summed E-state index contributed by atoms with van der Waals surface area (Å²) in [5, 5.41) is 0.664. The monoisotopic (exact) mass is 246 g/mol. The van der Waals surface area contributed by atoms with Crippen molar-refractivity contribution < 1.29 is 4.79 Å². The molecular weight excluding hydrogens is 235 g/mol. The van der Waals surface area contributed by atoms with Crippen LogP contribution in [0.25, 0.3) is 0 Å². The van der Waals surface area contributed by atoms with Gasteiger partial charge in [0, 0.05) is 20.1 Å². The molecule has 0 unspecified atom stereocenters. The number of amides is 1. The fourth-order valence-corrected chi connectivity index (χ4v) is 1.55. The highest BCUT2D eigenvalue weighted by molar-refractivity contribution is 6.43. The minimum Gasteiger partial charge on any atom is -0.340 e. The molecule has 1 amide bonds. The second-order valence-corrected chi connectivity index (χ2v) is 3.90. The highest BCUT2D eigenvalue weighted by Crippen LogP contribution is 2.26. The number of benzene rings is 1.